The molecule has 19 heavy (non-hydrogen) atoms. The summed E-state index contributed by atoms with van der Waals surface area (Å²) >= 11 is 0. The summed E-state index contributed by atoms with van der Waals surface area (Å²) in [5, 5.41) is 12.9. The molecule has 0 spiro atoms. The minimum atomic E-state index is -0.882. The Morgan fingerprint density at radius 1 is 1.47 bits per heavy atom. The zero-order valence-corrected chi connectivity index (χ0v) is 12.6. The Kier molecular flexibility index (Phi) is 6.23. The lowest BCUT2D eigenvalue weighted by Gasteiger charge is -2.34. The van der Waals surface area contributed by atoms with Crippen molar-refractivity contribution in [1.29, 1.82) is 0 Å². The average molecular weight is 272 g/mol. The largest absolute Gasteiger partial charge is 0.387 e. The highest BCUT2D eigenvalue weighted by atomic mass is 16.5. The molecule has 2 N–H and O–H groups in total. The summed E-state index contributed by atoms with van der Waals surface area (Å²) in [4.78, 5) is 13.7. The van der Waals surface area contributed by atoms with Gasteiger partial charge in [0.1, 0.15) is 0 Å². The van der Waals surface area contributed by atoms with Gasteiger partial charge in [0.15, 0.2) is 0 Å². The van der Waals surface area contributed by atoms with Gasteiger partial charge in [-0.2, -0.15) is 0 Å². The first-order valence-electron chi connectivity index (χ1n) is 7.08. The van der Waals surface area contributed by atoms with E-state index in [0.29, 0.717) is 31.5 Å². The molecule has 1 fully saturated rings. The summed E-state index contributed by atoms with van der Waals surface area (Å²) in [5.41, 5.74) is -0.882. The van der Waals surface area contributed by atoms with Gasteiger partial charge in [-0.1, -0.05) is 0 Å². The van der Waals surface area contributed by atoms with Crippen molar-refractivity contribution < 1.29 is 14.6 Å². The number of ether oxygens (including phenoxy) is 1. The molecule has 1 atom stereocenters. The Balaban J connectivity index is 2.15. The number of hydrogen-bond acceptors (Lipinski definition) is 4. The minimum absolute atomic E-state index is 0.0268. The van der Waals surface area contributed by atoms with E-state index < -0.39 is 5.60 Å². The van der Waals surface area contributed by atoms with Crippen LogP contribution in [-0.2, 0) is 9.53 Å². The number of carbonyl (C=O) groups excluding carboxylic acids is 1. The topological polar surface area (TPSA) is 61.8 Å². The maximum Gasteiger partial charge on any atom is 0.220 e. The molecular weight excluding hydrogens is 244 g/mol. The molecule has 0 radical (unpaired) electrons. The Morgan fingerprint density at radius 3 is 2.63 bits per heavy atom. The molecule has 0 aromatic heterocycles. The fraction of sp³-hybridized carbons (Fsp3) is 0.929. The summed E-state index contributed by atoms with van der Waals surface area (Å²) in [7, 11) is 3.80. The monoisotopic (exact) mass is 272 g/mol. The first kappa shape index (κ1) is 16.4. The summed E-state index contributed by atoms with van der Waals surface area (Å²) in [6.45, 7) is 5.31. The third-order valence-corrected chi connectivity index (χ3v) is 3.39. The van der Waals surface area contributed by atoms with E-state index in [9.17, 15) is 9.90 Å². The highest BCUT2D eigenvalue weighted by molar-refractivity contribution is 5.76. The number of nitrogens with zero attached hydrogens (tertiary/aromatic N) is 1. The van der Waals surface area contributed by atoms with Gasteiger partial charge in [0, 0.05) is 26.1 Å². The molecule has 5 heteroatoms. The van der Waals surface area contributed by atoms with Crippen molar-refractivity contribution in [3.8, 4) is 0 Å². The van der Waals surface area contributed by atoms with Crippen LogP contribution >= 0.6 is 0 Å². The second-order valence-electron chi connectivity index (χ2n) is 6.13. The van der Waals surface area contributed by atoms with E-state index in [1.165, 1.54) is 0 Å². The number of amides is 1. The van der Waals surface area contributed by atoms with Gasteiger partial charge in [-0.25, -0.2) is 0 Å². The fourth-order valence-electron chi connectivity index (χ4n) is 2.57. The molecule has 1 amide bonds. The Morgan fingerprint density at radius 2 is 2.11 bits per heavy atom. The van der Waals surface area contributed by atoms with Gasteiger partial charge < -0.3 is 20.1 Å². The molecular formula is C14H28N2O3. The van der Waals surface area contributed by atoms with Gasteiger partial charge in [0.25, 0.3) is 0 Å². The van der Waals surface area contributed by atoms with E-state index in [1.807, 2.05) is 25.9 Å². The Hall–Kier alpha value is -0.650. The van der Waals surface area contributed by atoms with Crippen LogP contribution in [0.15, 0.2) is 0 Å². The minimum Gasteiger partial charge on any atom is -0.387 e. The molecule has 112 valence electrons. The number of hydrogen-bond donors (Lipinski definition) is 2. The zero-order valence-electron chi connectivity index (χ0n) is 12.6. The predicted octanol–water partition coefficient (Wildman–Crippen LogP) is 0.620. The van der Waals surface area contributed by atoms with Gasteiger partial charge in [-0.3, -0.25) is 4.79 Å². The molecule has 1 aliphatic rings. The van der Waals surface area contributed by atoms with Crippen molar-refractivity contribution in [3.05, 3.63) is 0 Å². The van der Waals surface area contributed by atoms with Crippen LogP contribution in [0.3, 0.4) is 0 Å². The van der Waals surface area contributed by atoms with E-state index in [2.05, 4.69) is 5.32 Å². The van der Waals surface area contributed by atoms with Crippen LogP contribution in [0.4, 0.5) is 0 Å². The van der Waals surface area contributed by atoms with Crippen molar-refractivity contribution >= 4 is 5.91 Å². The third-order valence-electron chi connectivity index (χ3n) is 3.39. The van der Waals surface area contributed by atoms with Crippen molar-refractivity contribution in [3.63, 3.8) is 0 Å². The Bertz CT molecular complexity index is 286. The van der Waals surface area contributed by atoms with Crippen LogP contribution in [0.5, 0.6) is 0 Å². The molecule has 0 heterocycles. The predicted molar refractivity (Wildman–Crippen MR) is 74.9 cm³/mol. The lowest BCUT2D eigenvalue weighted by Crippen LogP contribution is -2.47. The lowest BCUT2D eigenvalue weighted by atomic mass is 9.80. The molecule has 0 aromatic rings. The SMILES string of the molecule is CCOC1CC(CC(=O)NCC(C)(O)CN(C)C)C1. The van der Waals surface area contributed by atoms with E-state index >= 15 is 0 Å². The normalized spacial score (nSPS) is 25.8. The average Bonchev–Trinajstić information content (AvgIpc) is 2.22. The van der Waals surface area contributed by atoms with Crippen molar-refractivity contribution in [2.24, 2.45) is 5.92 Å². The maximum atomic E-state index is 11.8. The van der Waals surface area contributed by atoms with Gasteiger partial charge in [-0.05, 0) is 46.7 Å². The van der Waals surface area contributed by atoms with Gasteiger partial charge in [0.2, 0.25) is 5.91 Å². The van der Waals surface area contributed by atoms with Crippen LogP contribution in [0.25, 0.3) is 0 Å². The molecule has 1 aliphatic carbocycles. The highest BCUT2D eigenvalue weighted by Gasteiger charge is 2.31. The van der Waals surface area contributed by atoms with Gasteiger partial charge in [-0.15, -0.1) is 0 Å². The summed E-state index contributed by atoms with van der Waals surface area (Å²) in [6.07, 6.45) is 2.85. The fourth-order valence-corrected chi connectivity index (χ4v) is 2.57. The summed E-state index contributed by atoms with van der Waals surface area (Å²) in [6, 6.07) is 0. The maximum absolute atomic E-state index is 11.8. The van der Waals surface area contributed by atoms with Crippen LogP contribution in [0, 0.1) is 5.92 Å². The molecule has 1 unspecified atom stereocenters. The Labute approximate surface area is 116 Å². The van der Waals surface area contributed by atoms with Crippen LogP contribution in [0.2, 0.25) is 0 Å². The molecule has 0 bridgehead atoms. The lowest BCUT2D eigenvalue weighted by molar-refractivity contribution is -0.125. The van der Waals surface area contributed by atoms with E-state index in [0.717, 1.165) is 19.4 Å². The smallest absolute Gasteiger partial charge is 0.220 e. The molecule has 0 aliphatic heterocycles. The first-order valence-corrected chi connectivity index (χ1v) is 7.08. The number of rotatable bonds is 8. The first-order chi connectivity index (χ1) is 8.82. The van der Waals surface area contributed by atoms with Crippen molar-refractivity contribution in [1.82, 2.24) is 10.2 Å². The van der Waals surface area contributed by atoms with Gasteiger partial charge in [0.05, 0.1) is 11.7 Å². The molecule has 0 saturated heterocycles. The van der Waals surface area contributed by atoms with Crippen molar-refractivity contribution in [2.75, 3.05) is 33.8 Å². The quantitative estimate of drug-likeness (QED) is 0.680. The second-order valence-corrected chi connectivity index (χ2v) is 6.13. The standard InChI is InChI=1S/C14H28N2O3/c1-5-19-12-6-11(7-12)8-13(17)15-9-14(2,18)10-16(3)4/h11-12,18H,5-10H2,1-4H3,(H,15,17). The number of likely N-dealkylation sites (N-methyl/N-ethyl adjacent to an activating group) is 1. The molecule has 1 saturated carbocycles. The van der Waals surface area contributed by atoms with Gasteiger partial charge >= 0.3 is 0 Å². The van der Waals surface area contributed by atoms with E-state index in [-0.39, 0.29) is 5.91 Å². The highest BCUT2D eigenvalue weighted by Crippen LogP contribution is 2.32. The molecule has 0 aromatic carbocycles. The summed E-state index contributed by atoms with van der Waals surface area (Å²) in [5.74, 6) is 0.467. The number of nitrogens with one attached hydrogen (secondary N) is 1. The number of aliphatic hydroxyl groups is 1. The zero-order chi connectivity index (χ0) is 14.5. The van der Waals surface area contributed by atoms with Crippen molar-refractivity contribution in [2.45, 2.75) is 44.8 Å². The van der Waals surface area contributed by atoms with E-state index in [1.54, 1.807) is 6.92 Å². The number of carbonyl (C=O) groups is 1. The molecule has 5 nitrogen and oxygen atoms in total. The third kappa shape index (κ3) is 6.36. The van der Waals surface area contributed by atoms with Crippen LogP contribution < -0.4 is 5.32 Å². The van der Waals surface area contributed by atoms with Crippen LogP contribution in [0.1, 0.15) is 33.1 Å². The van der Waals surface area contributed by atoms with E-state index in [4.69, 9.17) is 4.74 Å². The van der Waals surface area contributed by atoms with Crippen LogP contribution in [-0.4, -0.2) is 61.4 Å². The molecule has 1 rings (SSSR count). The summed E-state index contributed by atoms with van der Waals surface area (Å²) < 4.78 is 5.47. The second kappa shape index (κ2) is 7.22.